The molecular formula is C60H46N2. The zero-order chi connectivity index (χ0) is 41.7. The second-order valence-electron chi connectivity index (χ2n) is 18.1. The van der Waals surface area contributed by atoms with Crippen molar-refractivity contribution in [3.8, 4) is 22.3 Å². The summed E-state index contributed by atoms with van der Waals surface area (Å²) in [6.07, 6.45) is 0. The molecule has 0 aliphatic heterocycles. The Morgan fingerprint density at radius 2 is 0.742 bits per heavy atom. The van der Waals surface area contributed by atoms with Crippen LogP contribution in [0.3, 0.4) is 0 Å². The zero-order valence-electron chi connectivity index (χ0n) is 35.5. The summed E-state index contributed by atoms with van der Waals surface area (Å²) < 4.78 is 0. The second kappa shape index (κ2) is 13.5. The average molecular weight is 795 g/mol. The van der Waals surface area contributed by atoms with Crippen LogP contribution in [-0.4, -0.2) is 0 Å². The van der Waals surface area contributed by atoms with Crippen LogP contribution >= 0.6 is 0 Å². The molecule has 0 saturated carbocycles. The van der Waals surface area contributed by atoms with Gasteiger partial charge in [-0.2, -0.15) is 0 Å². The van der Waals surface area contributed by atoms with Crippen LogP contribution in [0.2, 0.25) is 0 Å². The third kappa shape index (κ3) is 5.29. The highest BCUT2D eigenvalue weighted by Gasteiger charge is 2.37. The lowest BCUT2D eigenvalue weighted by atomic mass is 9.82. The Bertz CT molecular complexity index is 3410. The number of benzene rings is 10. The van der Waals surface area contributed by atoms with Gasteiger partial charge in [-0.15, -0.1) is 0 Å². The van der Waals surface area contributed by atoms with Crippen LogP contribution in [0.4, 0.5) is 34.1 Å². The SMILES string of the molecule is CC1(C)c2ccccc2-c2ccc(N(c3ccccc3)c3cccc4c3ccc3c4ccc4cccc(N(c5ccccc5)c5ccc6c(c5)C(C)(C)c5ccccc5-6)c43)cc21. The van der Waals surface area contributed by atoms with Gasteiger partial charge in [0.05, 0.1) is 11.4 Å². The predicted molar refractivity (Wildman–Crippen MR) is 263 cm³/mol. The lowest BCUT2D eigenvalue weighted by Crippen LogP contribution is -2.16. The summed E-state index contributed by atoms with van der Waals surface area (Å²) >= 11 is 0. The van der Waals surface area contributed by atoms with Crippen molar-refractivity contribution < 1.29 is 0 Å². The molecule has 0 amide bonds. The van der Waals surface area contributed by atoms with E-state index in [1.165, 1.54) is 76.8 Å². The summed E-state index contributed by atoms with van der Waals surface area (Å²) in [5, 5.41) is 7.37. The Morgan fingerprint density at radius 3 is 1.34 bits per heavy atom. The van der Waals surface area contributed by atoms with Crippen molar-refractivity contribution in [2.45, 2.75) is 38.5 Å². The van der Waals surface area contributed by atoms with Crippen LogP contribution < -0.4 is 9.80 Å². The molecule has 2 heteroatoms. The Balaban J connectivity index is 1.05. The molecule has 2 nitrogen and oxygen atoms in total. The average Bonchev–Trinajstić information content (AvgIpc) is 3.68. The number of nitrogens with zero attached hydrogens (tertiary/aromatic N) is 2. The summed E-state index contributed by atoms with van der Waals surface area (Å²) in [6.45, 7) is 9.45. The predicted octanol–water partition coefficient (Wildman–Crippen LogP) is 16.7. The van der Waals surface area contributed by atoms with Crippen LogP contribution in [-0.2, 0) is 10.8 Å². The van der Waals surface area contributed by atoms with Crippen molar-refractivity contribution in [1.82, 2.24) is 0 Å². The summed E-state index contributed by atoms with van der Waals surface area (Å²) in [5.41, 5.74) is 17.5. The van der Waals surface area contributed by atoms with E-state index in [-0.39, 0.29) is 10.8 Å². The first-order valence-corrected chi connectivity index (χ1v) is 21.9. The monoisotopic (exact) mass is 794 g/mol. The minimum Gasteiger partial charge on any atom is -0.310 e. The molecule has 0 radical (unpaired) electrons. The maximum Gasteiger partial charge on any atom is 0.0546 e. The van der Waals surface area contributed by atoms with Crippen LogP contribution in [0.25, 0.3) is 54.6 Å². The maximum atomic E-state index is 2.46. The lowest BCUT2D eigenvalue weighted by Gasteiger charge is -2.30. The van der Waals surface area contributed by atoms with Gasteiger partial charge in [-0.25, -0.2) is 0 Å². The molecule has 0 atom stereocenters. The van der Waals surface area contributed by atoms with E-state index in [0.29, 0.717) is 0 Å². The molecule has 0 fully saturated rings. The van der Waals surface area contributed by atoms with Crippen LogP contribution in [0.15, 0.2) is 206 Å². The van der Waals surface area contributed by atoms with Crippen LogP contribution in [0, 0.1) is 0 Å². The van der Waals surface area contributed by atoms with Crippen molar-refractivity contribution in [1.29, 1.82) is 0 Å². The molecule has 0 bridgehead atoms. The fraction of sp³-hybridized carbons (Fsp3) is 0.100. The molecule has 62 heavy (non-hydrogen) atoms. The Hall–Kier alpha value is -7.42. The van der Waals surface area contributed by atoms with E-state index in [9.17, 15) is 0 Å². The van der Waals surface area contributed by atoms with Crippen molar-refractivity contribution >= 4 is 66.4 Å². The highest BCUT2D eigenvalue weighted by Crippen LogP contribution is 2.53. The number of hydrogen-bond donors (Lipinski definition) is 0. The van der Waals surface area contributed by atoms with Crippen molar-refractivity contribution in [3.05, 3.63) is 229 Å². The van der Waals surface area contributed by atoms with Gasteiger partial charge in [0.1, 0.15) is 0 Å². The van der Waals surface area contributed by atoms with E-state index in [0.717, 1.165) is 34.1 Å². The molecule has 10 aromatic carbocycles. The standard InChI is InChI=1S/C60H46N2/c1-59(2)52-25-13-11-22-46(52)48-33-30-42(37-54(48)59)61(40-18-7-5-8-19-40)56-27-16-24-44-45-32-29-39-17-15-28-57(58(39)51(45)36-35-50(44)56)62(41-20-9-6-10-21-41)43-31-34-49-47-23-12-14-26-53(47)60(3,4)55(49)38-43/h5-38H,1-4H3. The molecule has 0 saturated heterocycles. The van der Waals surface area contributed by atoms with E-state index in [1.54, 1.807) is 0 Å². The summed E-state index contributed by atoms with van der Waals surface area (Å²) in [6, 6.07) is 76.6. The zero-order valence-corrected chi connectivity index (χ0v) is 35.5. The van der Waals surface area contributed by atoms with Gasteiger partial charge < -0.3 is 9.80 Å². The Labute approximate surface area is 364 Å². The van der Waals surface area contributed by atoms with Gasteiger partial charge >= 0.3 is 0 Å². The molecular weight excluding hydrogens is 749 g/mol. The topological polar surface area (TPSA) is 6.48 Å². The minimum atomic E-state index is -0.110. The number of rotatable bonds is 6. The molecule has 12 rings (SSSR count). The third-order valence-corrected chi connectivity index (χ3v) is 14.0. The Morgan fingerprint density at radius 1 is 0.290 bits per heavy atom. The van der Waals surface area contributed by atoms with Gasteiger partial charge in [0.2, 0.25) is 0 Å². The number of para-hydroxylation sites is 2. The normalized spacial score (nSPS) is 14.1. The lowest BCUT2D eigenvalue weighted by molar-refractivity contribution is 0.660. The van der Waals surface area contributed by atoms with Gasteiger partial charge in [0.15, 0.2) is 0 Å². The number of fused-ring (bicyclic) bond motifs is 11. The summed E-state index contributed by atoms with van der Waals surface area (Å²) in [4.78, 5) is 4.91. The van der Waals surface area contributed by atoms with E-state index in [4.69, 9.17) is 0 Å². The van der Waals surface area contributed by atoms with Gasteiger partial charge in [-0.3, -0.25) is 0 Å². The number of hydrogen-bond acceptors (Lipinski definition) is 2. The van der Waals surface area contributed by atoms with Crippen LogP contribution in [0.5, 0.6) is 0 Å². The number of anilines is 6. The molecule has 2 aliphatic rings. The van der Waals surface area contributed by atoms with E-state index in [2.05, 4.69) is 244 Å². The molecule has 0 aromatic heterocycles. The molecule has 10 aromatic rings. The van der Waals surface area contributed by atoms with Gasteiger partial charge in [-0.05, 0) is 127 Å². The largest absolute Gasteiger partial charge is 0.310 e. The molecule has 2 aliphatic carbocycles. The quantitative estimate of drug-likeness (QED) is 0.155. The molecule has 0 N–H and O–H groups in total. The molecule has 0 spiro atoms. The summed E-state index contributed by atoms with van der Waals surface area (Å²) in [5.74, 6) is 0. The maximum absolute atomic E-state index is 2.46. The first-order valence-electron chi connectivity index (χ1n) is 21.9. The second-order valence-corrected chi connectivity index (χ2v) is 18.1. The summed E-state index contributed by atoms with van der Waals surface area (Å²) in [7, 11) is 0. The molecule has 296 valence electrons. The van der Waals surface area contributed by atoms with Crippen molar-refractivity contribution in [2.24, 2.45) is 0 Å². The molecule has 0 unspecified atom stereocenters. The first kappa shape index (κ1) is 36.4. The Kier molecular flexibility index (Phi) is 7.96. The van der Waals surface area contributed by atoms with Gasteiger partial charge in [0, 0.05) is 44.4 Å². The van der Waals surface area contributed by atoms with Crippen molar-refractivity contribution in [3.63, 3.8) is 0 Å². The highest BCUT2D eigenvalue weighted by atomic mass is 15.1. The van der Waals surface area contributed by atoms with Gasteiger partial charge in [0.25, 0.3) is 0 Å². The first-order chi connectivity index (χ1) is 30.3. The highest BCUT2D eigenvalue weighted by molar-refractivity contribution is 6.23. The molecule has 0 heterocycles. The smallest absolute Gasteiger partial charge is 0.0546 e. The van der Waals surface area contributed by atoms with Gasteiger partial charge in [-0.1, -0.05) is 173 Å². The van der Waals surface area contributed by atoms with E-state index < -0.39 is 0 Å². The van der Waals surface area contributed by atoms with E-state index in [1.807, 2.05) is 0 Å². The van der Waals surface area contributed by atoms with Crippen molar-refractivity contribution in [2.75, 3.05) is 9.80 Å². The minimum absolute atomic E-state index is 0.105. The fourth-order valence-corrected chi connectivity index (χ4v) is 11.0. The third-order valence-electron chi connectivity index (χ3n) is 14.0. The van der Waals surface area contributed by atoms with Crippen LogP contribution in [0.1, 0.15) is 49.9 Å². The fourth-order valence-electron chi connectivity index (χ4n) is 11.0. The van der Waals surface area contributed by atoms with E-state index >= 15 is 0 Å².